The third-order valence-electron chi connectivity index (χ3n) is 3.87. The number of nitrogens with one attached hydrogen (secondary N) is 2. The topological polar surface area (TPSA) is 87.3 Å². The fourth-order valence-corrected chi connectivity index (χ4v) is 2.61. The van der Waals surface area contributed by atoms with Crippen LogP contribution < -0.4 is 15.8 Å². The van der Waals surface area contributed by atoms with Crippen molar-refractivity contribution in [2.45, 2.75) is 13.3 Å². The largest absolute Gasteiger partial charge is 0.378 e. The summed E-state index contributed by atoms with van der Waals surface area (Å²) in [7, 11) is 0. The number of para-hydroxylation sites is 1. The van der Waals surface area contributed by atoms with E-state index in [4.69, 9.17) is 4.74 Å². The number of H-pyrrole nitrogens is 1. The second-order valence-electron chi connectivity index (χ2n) is 5.65. The van der Waals surface area contributed by atoms with E-state index in [1.807, 2.05) is 35.2 Å². The number of aromatic amines is 1. The van der Waals surface area contributed by atoms with Gasteiger partial charge in [0.1, 0.15) is 11.6 Å². The molecule has 1 aromatic carbocycles. The molecule has 7 nitrogen and oxygen atoms in total. The molecule has 2 heterocycles. The zero-order valence-corrected chi connectivity index (χ0v) is 13.5. The summed E-state index contributed by atoms with van der Waals surface area (Å²) in [5.41, 5.74) is 1.06. The van der Waals surface area contributed by atoms with E-state index in [0.29, 0.717) is 49.2 Å². The predicted octanol–water partition coefficient (Wildman–Crippen LogP) is 1.10. The van der Waals surface area contributed by atoms with Gasteiger partial charge < -0.3 is 19.9 Å². The van der Waals surface area contributed by atoms with Gasteiger partial charge in [-0.25, -0.2) is 4.98 Å². The number of carbonyl (C=O) groups is 1. The molecule has 0 aliphatic carbocycles. The molecule has 1 fully saturated rings. The van der Waals surface area contributed by atoms with Crippen molar-refractivity contribution in [3.8, 4) is 0 Å². The second kappa shape index (κ2) is 7.27. The highest BCUT2D eigenvalue weighted by Gasteiger charge is 2.18. The number of carbonyl (C=O) groups excluding carboxylic acids is 1. The monoisotopic (exact) mass is 328 g/mol. The minimum absolute atomic E-state index is 0.0156. The van der Waals surface area contributed by atoms with E-state index in [9.17, 15) is 9.59 Å². The third-order valence-corrected chi connectivity index (χ3v) is 3.87. The molecule has 0 unspecified atom stereocenters. The standard InChI is InChI=1S/C17H20N4O3/c1-12-16(21-7-9-24-10-8-21)19-14(20-17(12)23)11-15(22)18-13-5-3-2-4-6-13/h2-6H,7-11H2,1H3,(H,18,22)(H,19,20,23). The van der Waals surface area contributed by atoms with Gasteiger partial charge in [-0.2, -0.15) is 0 Å². The van der Waals surface area contributed by atoms with E-state index >= 15 is 0 Å². The van der Waals surface area contributed by atoms with Gasteiger partial charge in [0, 0.05) is 18.8 Å². The van der Waals surface area contributed by atoms with E-state index in [1.54, 1.807) is 6.92 Å². The minimum atomic E-state index is -0.221. The molecule has 1 amide bonds. The molecule has 7 heteroatoms. The first kappa shape index (κ1) is 16.2. The van der Waals surface area contributed by atoms with Crippen molar-refractivity contribution in [1.82, 2.24) is 9.97 Å². The first-order chi connectivity index (χ1) is 11.6. The Bertz CT molecular complexity index is 767. The first-order valence-electron chi connectivity index (χ1n) is 7.91. The van der Waals surface area contributed by atoms with Crippen LogP contribution in [0.3, 0.4) is 0 Å². The summed E-state index contributed by atoms with van der Waals surface area (Å²) < 4.78 is 5.33. The molecule has 0 saturated carbocycles. The third kappa shape index (κ3) is 3.80. The van der Waals surface area contributed by atoms with E-state index in [2.05, 4.69) is 15.3 Å². The Kier molecular flexibility index (Phi) is 4.90. The summed E-state index contributed by atoms with van der Waals surface area (Å²) in [5, 5.41) is 2.79. The molecule has 0 bridgehead atoms. The highest BCUT2D eigenvalue weighted by molar-refractivity contribution is 5.91. The maximum atomic E-state index is 12.2. The van der Waals surface area contributed by atoms with Crippen LogP contribution in [0.25, 0.3) is 0 Å². The predicted molar refractivity (Wildman–Crippen MR) is 91.4 cm³/mol. The van der Waals surface area contributed by atoms with Gasteiger partial charge in [-0.3, -0.25) is 9.59 Å². The maximum Gasteiger partial charge on any atom is 0.255 e. The molecular weight excluding hydrogens is 308 g/mol. The number of ether oxygens (including phenoxy) is 1. The lowest BCUT2D eigenvalue weighted by Gasteiger charge is -2.28. The molecular formula is C17H20N4O3. The van der Waals surface area contributed by atoms with E-state index in [1.165, 1.54) is 0 Å². The number of aromatic nitrogens is 2. The number of anilines is 2. The van der Waals surface area contributed by atoms with Gasteiger partial charge in [0.2, 0.25) is 5.91 Å². The molecule has 0 spiro atoms. The summed E-state index contributed by atoms with van der Waals surface area (Å²) >= 11 is 0. The summed E-state index contributed by atoms with van der Waals surface area (Å²) in [6.45, 7) is 4.33. The Morgan fingerprint density at radius 3 is 2.71 bits per heavy atom. The Hall–Kier alpha value is -2.67. The van der Waals surface area contributed by atoms with E-state index in [-0.39, 0.29) is 17.9 Å². The van der Waals surface area contributed by atoms with Crippen LogP contribution in [-0.2, 0) is 16.0 Å². The quantitative estimate of drug-likeness (QED) is 0.877. The van der Waals surface area contributed by atoms with E-state index in [0.717, 1.165) is 0 Å². The number of amides is 1. The van der Waals surface area contributed by atoms with Crippen molar-refractivity contribution in [3.63, 3.8) is 0 Å². The van der Waals surface area contributed by atoms with Gasteiger partial charge in [-0.1, -0.05) is 18.2 Å². The number of hydrogen-bond acceptors (Lipinski definition) is 5. The van der Waals surface area contributed by atoms with Crippen molar-refractivity contribution >= 4 is 17.4 Å². The van der Waals surface area contributed by atoms with Crippen LogP contribution in [0.2, 0.25) is 0 Å². The lowest BCUT2D eigenvalue weighted by atomic mass is 10.2. The Morgan fingerprint density at radius 1 is 1.29 bits per heavy atom. The van der Waals surface area contributed by atoms with Crippen molar-refractivity contribution in [2.24, 2.45) is 0 Å². The van der Waals surface area contributed by atoms with Gasteiger partial charge in [0.15, 0.2) is 0 Å². The molecule has 126 valence electrons. The van der Waals surface area contributed by atoms with Gasteiger partial charge in [0.25, 0.3) is 5.56 Å². The molecule has 1 aliphatic heterocycles. The average Bonchev–Trinajstić information content (AvgIpc) is 2.59. The Labute approximate surface area is 139 Å². The highest BCUT2D eigenvalue weighted by Crippen LogP contribution is 2.15. The van der Waals surface area contributed by atoms with Gasteiger partial charge >= 0.3 is 0 Å². The SMILES string of the molecule is Cc1c(N2CCOCC2)nc(CC(=O)Nc2ccccc2)[nH]c1=O. The smallest absolute Gasteiger partial charge is 0.255 e. The van der Waals surface area contributed by atoms with Crippen LogP contribution in [-0.4, -0.2) is 42.2 Å². The summed E-state index contributed by atoms with van der Waals surface area (Å²) in [6.07, 6.45) is 0.0156. The lowest BCUT2D eigenvalue weighted by Crippen LogP contribution is -2.38. The van der Waals surface area contributed by atoms with Crippen molar-refractivity contribution in [3.05, 3.63) is 52.1 Å². The number of nitrogens with zero attached hydrogens (tertiary/aromatic N) is 2. The van der Waals surface area contributed by atoms with Crippen LogP contribution in [0.5, 0.6) is 0 Å². The lowest BCUT2D eigenvalue weighted by molar-refractivity contribution is -0.115. The van der Waals surface area contributed by atoms with Crippen molar-refractivity contribution < 1.29 is 9.53 Å². The fraction of sp³-hybridized carbons (Fsp3) is 0.353. The second-order valence-corrected chi connectivity index (χ2v) is 5.65. The minimum Gasteiger partial charge on any atom is -0.378 e. The molecule has 3 rings (SSSR count). The van der Waals surface area contributed by atoms with Crippen LogP contribution in [0.15, 0.2) is 35.1 Å². The molecule has 0 radical (unpaired) electrons. The molecule has 1 saturated heterocycles. The molecule has 24 heavy (non-hydrogen) atoms. The van der Waals surface area contributed by atoms with Crippen LogP contribution in [0.4, 0.5) is 11.5 Å². The van der Waals surface area contributed by atoms with Crippen molar-refractivity contribution in [1.29, 1.82) is 0 Å². The summed E-state index contributed by atoms with van der Waals surface area (Å²) in [6, 6.07) is 9.18. The first-order valence-corrected chi connectivity index (χ1v) is 7.91. The molecule has 2 aromatic rings. The van der Waals surface area contributed by atoms with Crippen LogP contribution in [0, 0.1) is 6.92 Å². The highest BCUT2D eigenvalue weighted by atomic mass is 16.5. The zero-order valence-electron chi connectivity index (χ0n) is 13.5. The number of morpholine rings is 1. The van der Waals surface area contributed by atoms with Gasteiger partial charge in [-0.05, 0) is 19.1 Å². The van der Waals surface area contributed by atoms with Gasteiger partial charge in [0.05, 0.1) is 25.2 Å². The Morgan fingerprint density at radius 2 is 2.00 bits per heavy atom. The Balaban J connectivity index is 1.77. The molecule has 2 N–H and O–H groups in total. The van der Waals surface area contributed by atoms with Crippen LogP contribution in [0.1, 0.15) is 11.4 Å². The molecule has 1 aliphatic rings. The zero-order chi connectivity index (χ0) is 16.9. The summed E-state index contributed by atoms with van der Waals surface area (Å²) in [4.78, 5) is 33.5. The maximum absolute atomic E-state index is 12.2. The van der Waals surface area contributed by atoms with Gasteiger partial charge in [-0.15, -0.1) is 0 Å². The number of rotatable bonds is 4. The fourth-order valence-electron chi connectivity index (χ4n) is 2.61. The number of benzene rings is 1. The van der Waals surface area contributed by atoms with Crippen LogP contribution >= 0.6 is 0 Å². The van der Waals surface area contributed by atoms with Crippen molar-refractivity contribution in [2.75, 3.05) is 36.5 Å². The molecule has 1 aromatic heterocycles. The number of hydrogen-bond donors (Lipinski definition) is 2. The van der Waals surface area contributed by atoms with E-state index < -0.39 is 0 Å². The molecule has 0 atom stereocenters. The summed E-state index contributed by atoms with van der Waals surface area (Å²) in [5.74, 6) is 0.770. The average molecular weight is 328 g/mol. The normalized spacial score (nSPS) is 14.5.